The van der Waals surface area contributed by atoms with Gasteiger partial charge in [-0.05, 0) is 24.1 Å². The molecule has 1 N–H and O–H groups in total. The molecule has 2 aliphatic heterocycles. The van der Waals surface area contributed by atoms with Crippen molar-refractivity contribution in [3.8, 4) is 33.3 Å². The van der Waals surface area contributed by atoms with Crippen LogP contribution in [0.5, 0.6) is 11.5 Å². The van der Waals surface area contributed by atoms with Crippen LogP contribution in [0.15, 0.2) is 36.0 Å². The van der Waals surface area contributed by atoms with Crippen molar-refractivity contribution in [2.75, 3.05) is 23.6 Å². The standard InChI is InChI=1S/C18H16N4O4S2/c23-28(24)6-3-12(9-28)21-18-20-8-13(16(22-18)17-19-4-5-27-17)11-1-2-14-15(7-11)26-10-25-14/h1-2,4-5,7-8,12H,3,6,9-10H2,(H,20,21,22)/t12-/m0/s1. The molecule has 2 aromatic heterocycles. The Morgan fingerprint density at radius 2 is 2.07 bits per heavy atom. The first-order valence-electron chi connectivity index (χ1n) is 8.71. The molecule has 1 saturated heterocycles. The Balaban J connectivity index is 1.52. The van der Waals surface area contributed by atoms with Crippen LogP contribution in [0.2, 0.25) is 0 Å². The summed E-state index contributed by atoms with van der Waals surface area (Å²) in [6, 6.07) is 5.51. The number of nitrogens with one attached hydrogen (secondary N) is 1. The van der Waals surface area contributed by atoms with Gasteiger partial charge >= 0.3 is 0 Å². The third kappa shape index (κ3) is 3.29. The summed E-state index contributed by atoms with van der Waals surface area (Å²) in [4.78, 5) is 13.5. The Hall–Kier alpha value is -2.72. The van der Waals surface area contributed by atoms with Crippen molar-refractivity contribution in [1.29, 1.82) is 0 Å². The van der Waals surface area contributed by atoms with Gasteiger partial charge < -0.3 is 14.8 Å². The van der Waals surface area contributed by atoms with E-state index < -0.39 is 9.84 Å². The summed E-state index contributed by atoms with van der Waals surface area (Å²) in [7, 11) is -2.98. The Labute approximate surface area is 165 Å². The highest BCUT2D eigenvalue weighted by Gasteiger charge is 2.28. The molecule has 1 aromatic carbocycles. The van der Waals surface area contributed by atoms with Crippen molar-refractivity contribution < 1.29 is 17.9 Å². The fourth-order valence-corrected chi connectivity index (χ4v) is 5.63. The first-order valence-corrected chi connectivity index (χ1v) is 11.4. The third-order valence-electron chi connectivity index (χ3n) is 4.67. The molecule has 3 aromatic rings. The second-order valence-corrected chi connectivity index (χ2v) is 9.73. The lowest BCUT2D eigenvalue weighted by atomic mass is 10.1. The van der Waals surface area contributed by atoms with Gasteiger partial charge in [0.15, 0.2) is 21.3 Å². The van der Waals surface area contributed by atoms with Gasteiger partial charge in [0, 0.05) is 29.4 Å². The normalized spacial score (nSPS) is 19.6. The summed E-state index contributed by atoms with van der Waals surface area (Å²) in [5.74, 6) is 2.09. The summed E-state index contributed by atoms with van der Waals surface area (Å²) >= 11 is 1.48. The SMILES string of the molecule is O=S1(=O)CC[C@H](Nc2ncc(-c3ccc4c(c3)OCO4)c(-c3nccs3)n2)C1. The van der Waals surface area contributed by atoms with Crippen molar-refractivity contribution in [3.63, 3.8) is 0 Å². The van der Waals surface area contributed by atoms with E-state index in [1.165, 1.54) is 11.3 Å². The molecular formula is C18H16N4O4S2. The molecule has 0 radical (unpaired) electrons. The molecule has 0 amide bonds. The fourth-order valence-electron chi connectivity index (χ4n) is 3.32. The lowest BCUT2D eigenvalue weighted by molar-refractivity contribution is 0.174. The van der Waals surface area contributed by atoms with E-state index in [2.05, 4.69) is 20.3 Å². The summed E-state index contributed by atoms with van der Waals surface area (Å²) in [5.41, 5.74) is 2.40. The van der Waals surface area contributed by atoms with E-state index in [0.29, 0.717) is 29.6 Å². The van der Waals surface area contributed by atoms with E-state index in [1.54, 1.807) is 12.4 Å². The number of anilines is 1. The molecule has 5 rings (SSSR count). The van der Waals surface area contributed by atoms with Crippen LogP contribution in [0, 0.1) is 0 Å². The van der Waals surface area contributed by atoms with Crippen LogP contribution >= 0.6 is 11.3 Å². The van der Waals surface area contributed by atoms with Gasteiger partial charge in [0.25, 0.3) is 0 Å². The second-order valence-electron chi connectivity index (χ2n) is 6.61. The predicted octanol–water partition coefficient (Wildman–Crippen LogP) is 2.59. The Kier molecular flexibility index (Phi) is 4.17. The molecule has 0 bridgehead atoms. The highest BCUT2D eigenvalue weighted by molar-refractivity contribution is 7.91. The minimum atomic E-state index is -2.98. The highest BCUT2D eigenvalue weighted by atomic mass is 32.2. The zero-order chi connectivity index (χ0) is 19.1. The number of sulfone groups is 1. The molecule has 0 aliphatic carbocycles. The van der Waals surface area contributed by atoms with Gasteiger partial charge in [-0.3, -0.25) is 0 Å². The number of hydrogen-bond acceptors (Lipinski definition) is 9. The third-order valence-corrected chi connectivity index (χ3v) is 7.22. The largest absolute Gasteiger partial charge is 0.454 e. The maximum Gasteiger partial charge on any atom is 0.231 e. The zero-order valence-corrected chi connectivity index (χ0v) is 16.3. The van der Waals surface area contributed by atoms with Crippen LogP contribution in [0.1, 0.15) is 6.42 Å². The van der Waals surface area contributed by atoms with E-state index >= 15 is 0 Å². The highest BCUT2D eigenvalue weighted by Crippen LogP contribution is 2.39. The number of nitrogens with zero attached hydrogens (tertiary/aromatic N) is 3. The van der Waals surface area contributed by atoms with E-state index in [1.807, 2.05) is 23.6 Å². The molecule has 10 heteroatoms. The van der Waals surface area contributed by atoms with Crippen LogP contribution in [0.25, 0.3) is 21.8 Å². The molecule has 2 aliphatic rings. The first-order chi connectivity index (χ1) is 13.6. The number of rotatable bonds is 4. The maximum absolute atomic E-state index is 11.7. The van der Waals surface area contributed by atoms with Gasteiger partial charge in [0.1, 0.15) is 10.7 Å². The quantitative estimate of drug-likeness (QED) is 0.692. The number of ether oxygens (including phenoxy) is 2. The van der Waals surface area contributed by atoms with Gasteiger partial charge in [0.05, 0.1) is 11.5 Å². The van der Waals surface area contributed by atoms with E-state index in [9.17, 15) is 8.42 Å². The number of hydrogen-bond donors (Lipinski definition) is 1. The van der Waals surface area contributed by atoms with Crippen molar-refractivity contribution in [2.45, 2.75) is 12.5 Å². The molecule has 0 saturated carbocycles. The van der Waals surface area contributed by atoms with E-state index in [-0.39, 0.29) is 24.3 Å². The van der Waals surface area contributed by atoms with Gasteiger partial charge in [-0.25, -0.2) is 23.4 Å². The fraction of sp³-hybridized carbons (Fsp3) is 0.278. The second kappa shape index (κ2) is 6.71. The summed E-state index contributed by atoms with van der Waals surface area (Å²) < 4.78 is 34.3. The lowest BCUT2D eigenvalue weighted by Gasteiger charge is -2.13. The van der Waals surface area contributed by atoms with Crippen LogP contribution in [0.3, 0.4) is 0 Å². The zero-order valence-electron chi connectivity index (χ0n) is 14.7. The lowest BCUT2D eigenvalue weighted by Crippen LogP contribution is -2.22. The monoisotopic (exact) mass is 416 g/mol. The van der Waals surface area contributed by atoms with Gasteiger partial charge in [-0.1, -0.05) is 6.07 Å². The predicted molar refractivity (Wildman–Crippen MR) is 105 cm³/mol. The Bertz CT molecular complexity index is 1130. The minimum Gasteiger partial charge on any atom is -0.454 e. The first kappa shape index (κ1) is 17.4. The number of thiazole rings is 1. The smallest absolute Gasteiger partial charge is 0.231 e. The average molecular weight is 416 g/mol. The number of benzene rings is 1. The van der Waals surface area contributed by atoms with Crippen molar-refractivity contribution >= 4 is 27.1 Å². The molecule has 0 spiro atoms. The summed E-state index contributed by atoms with van der Waals surface area (Å²) in [5, 5.41) is 5.80. The van der Waals surface area contributed by atoms with Crippen molar-refractivity contribution in [3.05, 3.63) is 36.0 Å². The Morgan fingerprint density at radius 1 is 1.18 bits per heavy atom. The summed E-state index contributed by atoms with van der Waals surface area (Å²) in [6.45, 7) is 0.210. The van der Waals surface area contributed by atoms with Crippen LogP contribution < -0.4 is 14.8 Å². The van der Waals surface area contributed by atoms with Crippen molar-refractivity contribution in [2.24, 2.45) is 0 Å². The van der Waals surface area contributed by atoms with Crippen LogP contribution in [-0.4, -0.2) is 47.7 Å². The molecular weight excluding hydrogens is 400 g/mol. The maximum atomic E-state index is 11.7. The molecule has 144 valence electrons. The molecule has 8 nitrogen and oxygen atoms in total. The topological polar surface area (TPSA) is 103 Å². The number of aromatic nitrogens is 3. The number of fused-ring (bicyclic) bond motifs is 1. The van der Waals surface area contributed by atoms with Crippen LogP contribution in [-0.2, 0) is 9.84 Å². The molecule has 1 fully saturated rings. The van der Waals surface area contributed by atoms with Gasteiger partial charge in [-0.15, -0.1) is 11.3 Å². The van der Waals surface area contributed by atoms with E-state index in [0.717, 1.165) is 16.1 Å². The van der Waals surface area contributed by atoms with Crippen LogP contribution in [0.4, 0.5) is 5.95 Å². The Morgan fingerprint density at radius 3 is 2.86 bits per heavy atom. The van der Waals surface area contributed by atoms with Gasteiger partial charge in [-0.2, -0.15) is 0 Å². The van der Waals surface area contributed by atoms with Crippen molar-refractivity contribution in [1.82, 2.24) is 15.0 Å². The van der Waals surface area contributed by atoms with E-state index in [4.69, 9.17) is 9.47 Å². The molecule has 1 atom stereocenters. The molecule has 0 unspecified atom stereocenters. The molecule has 4 heterocycles. The summed E-state index contributed by atoms with van der Waals surface area (Å²) in [6.07, 6.45) is 4.01. The minimum absolute atomic E-state index is 0.104. The van der Waals surface area contributed by atoms with Gasteiger partial charge in [0.2, 0.25) is 12.7 Å². The average Bonchev–Trinajstić information content (AvgIpc) is 3.42. The molecule has 28 heavy (non-hydrogen) atoms.